The number of fused-ring (bicyclic) bond motifs is 1. The molecule has 0 atom stereocenters. The Labute approximate surface area is 225 Å². The van der Waals surface area contributed by atoms with Crippen LogP contribution >= 0.6 is 0 Å². The van der Waals surface area contributed by atoms with Gasteiger partial charge in [-0.3, -0.25) is 14.4 Å². The minimum atomic E-state index is -0.544. The van der Waals surface area contributed by atoms with E-state index in [0.29, 0.717) is 29.5 Å². The van der Waals surface area contributed by atoms with Crippen molar-refractivity contribution in [3.8, 4) is 0 Å². The van der Waals surface area contributed by atoms with Crippen LogP contribution in [0.2, 0.25) is 0 Å². The third-order valence-electron chi connectivity index (χ3n) is 6.41. The van der Waals surface area contributed by atoms with Gasteiger partial charge in [0.25, 0.3) is 5.91 Å². The van der Waals surface area contributed by atoms with Crippen molar-refractivity contribution in [2.75, 3.05) is 13.1 Å². The number of amides is 2. The van der Waals surface area contributed by atoms with Crippen molar-refractivity contribution in [2.45, 2.75) is 33.4 Å². The molecule has 6 nitrogen and oxygen atoms in total. The molecule has 0 bridgehead atoms. The predicted octanol–water partition coefficient (Wildman–Crippen LogP) is 5.79. The zero-order valence-electron chi connectivity index (χ0n) is 21.9. The van der Waals surface area contributed by atoms with Gasteiger partial charge < -0.3 is 14.2 Å². The molecule has 0 fully saturated rings. The highest BCUT2D eigenvalue weighted by atomic mass is 19.1. The summed E-state index contributed by atoms with van der Waals surface area (Å²) < 4.78 is 33.0. The molecule has 3 aromatic carbocycles. The Morgan fingerprint density at radius 1 is 0.872 bits per heavy atom. The summed E-state index contributed by atoms with van der Waals surface area (Å²) in [6.07, 6.45) is 1.98. The topological polar surface area (TPSA) is 70.8 Å². The van der Waals surface area contributed by atoms with Gasteiger partial charge in [-0.25, -0.2) is 8.78 Å². The largest absolute Gasteiger partial charge is 0.464 e. The van der Waals surface area contributed by atoms with Crippen molar-refractivity contribution < 1.29 is 22.8 Å². The van der Waals surface area contributed by atoms with E-state index in [9.17, 15) is 23.2 Å². The lowest BCUT2D eigenvalue weighted by Crippen LogP contribution is -2.43. The first kappa shape index (κ1) is 27.7. The lowest BCUT2D eigenvalue weighted by molar-refractivity contribution is -0.133. The molecule has 202 valence electrons. The van der Waals surface area contributed by atoms with Crippen LogP contribution in [0.4, 0.5) is 8.78 Å². The Kier molecular flexibility index (Phi) is 8.86. The number of para-hydroxylation sites is 1. The zero-order chi connectivity index (χ0) is 27.9. The predicted molar refractivity (Wildman–Crippen MR) is 145 cm³/mol. The summed E-state index contributed by atoms with van der Waals surface area (Å²) in [7, 11) is 0. The van der Waals surface area contributed by atoms with Crippen LogP contribution in [0.1, 0.15) is 41.8 Å². The first-order chi connectivity index (χ1) is 18.7. The molecule has 0 saturated carbocycles. The van der Waals surface area contributed by atoms with Gasteiger partial charge in [-0.2, -0.15) is 0 Å². The standard InChI is InChI=1S/C31H30F2N2O4/c1-21(2)14-15-34(31(38)23-6-5-7-26(33)16-23)19-29(36)35(17-22-10-12-25(32)13-11-22)18-24-20-39-28-9-4-3-8-27(28)30(24)37/h3-13,16,20-21H,14-15,17-19H2,1-2H3. The molecular formula is C31H30F2N2O4. The summed E-state index contributed by atoms with van der Waals surface area (Å²) in [5.41, 5.74) is 1.24. The highest BCUT2D eigenvalue weighted by Crippen LogP contribution is 2.16. The number of halogens is 2. The molecule has 4 rings (SSSR count). The Hall–Kier alpha value is -4.33. The molecule has 2 amide bonds. The minimum Gasteiger partial charge on any atom is -0.464 e. The number of hydrogen-bond acceptors (Lipinski definition) is 4. The third kappa shape index (κ3) is 7.16. The minimum absolute atomic E-state index is 0.0739. The first-order valence-electron chi connectivity index (χ1n) is 12.8. The van der Waals surface area contributed by atoms with E-state index < -0.39 is 23.4 Å². The second kappa shape index (κ2) is 12.5. The van der Waals surface area contributed by atoms with E-state index in [1.165, 1.54) is 46.4 Å². The first-order valence-corrected chi connectivity index (χ1v) is 12.8. The molecule has 0 unspecified atom stereocenters. The number of rotatable bonds is 10. The lowest BCUT2D eigenvalue weighted by atomic mass is 10.1. The van der Waals surface area contributed by atoms with Crippen LogP contribution in [-0.2, 0) is 17.9 Å². The van der Waals surface area contributed by atoms with Crippen molar-refractivity contribution in [2.24, 2.45) is 5.92 Å². The number of benzene rings is 3. The van der Waals surface area contributed by atoms with Crippen LogP contribution in [-0.4, -0.2) is 34.7 Å². The Bertz CT molecular complexity index is 1520. The maximum Gasteiger partial charge on any atom is 0.254 e. The van der Waals surface area contributed by atoms with Crippen LogP contribution in [0.3, 0.4) is 0 Å². The average Bonchev–Trinajstić information content (AvgIpc) is 2.92. The quantitative estimate of drug-likeness (QED) is 0.259. The number of nitrogens with zero attached hydrogens (tertiary/aromatic N) is 2. The summed E-state index contributed by atoms with van der Waals surface area (Å²) in [5, 5.41) is 0.393. The van der Waals surface area contributed by atoms with Gasteiger partial charge in [-0.1, -0.05) is 44.2 Å². The van der Waals surface area contributed by atoms with Gasteiger partial charge >= 0.3 is 0 Å². The molecule has 0 aliphatic heterocycles. The number of carbonyl (C=O) groups is 2. The molecule has 1 aromatic heterocycles. The molecule has 0 radical (unpaired) electrons. The van der Waals surface area contributed by atoms with Crippen molar-refractivity contribution >= 4 is 22.8 Å². The van der Waals surface area contributed by atoms with Crippen LogP contribution in [0.15, 0.2) is 88.3 Å². The molecule has 0 aliphatic rings. The molecular weight excluding hydrogens is 502 g/mol. The average molecular weight is 533 g/mol. The Morgan fingerprint density at radius 3 is 2.33 bits per heavy atom. The lowest BCUT2D eigenvalue weighted by Gasteiger charge is -2.28. The van der Waals surface area contributed by atoms with E-state index in [-0.39, 0.29) is 42.1 Å². The van der Waals surface area contributed by atoms with E-state index in [1.807, 2.05) is 13.8 Å². The third-order valence-corrected chi connectivity index (χ3v) is 6.41. The zero-order valence-corrected chi connectivity index (χ0v) is 21.9. The monoisotopic (exact) mass is 532 g/mol. The van der Waals surface area contributed by atoms with Gasteiger partial charge in [0, 0.05) is 18.7 Å². The highest BCUT2D eigenvalue weighted by Gasteiger charge is 2.24. The number of hydrogen-bond donors (Lipinski definition) is 0. The molecule has 0 spiro atoms. The molecule has 0 aliphatic carbocycles. The molecule has 4 aromatic rings. The van der Waals surface area contributed by atoms with Gasteiger partial charge in [0.1, 0.15) is 23.8 Å². The summed E-state index contributed by atoms with van der Waals surface area (Å²) in [6, 6.07) is 17.9. The maximum atomic E-state index is 13.8. The van der Waals surface area contributed by atoms with Crippen molar-refractivity contribution in [1.82, 2.24) is 9.80 Å². The summed E-state index contributed by atoms with van der Waals surface area (Å²) in [5.74, 6) is -1.57. The van der Waals surface area contributed by atoms with E-state index in [1.54, 1.807) is 36.4 Å². The molecule has 0 saturated heterocycles. The van der Waals surface area contributed by atoms with Crippen molar-refractivity contribution in [3.05, 3.63) is 118 Å². The van der Waals surface area contributed by atoms with E-state index in [0.717, 1.165) is 6.07 Å². The molecule has 1 heterocycles. The van der Waals surface area contributed by atoms with Crippen LogP contribution in [0.5, 0.6) is 0 Å². The van der Waals surface area contributed by atoms with Crippen LogP contribution in [0.25, 0.3) is 11.0 Å². The second-order valence-electron chi connectivity index (χ2n) is 9.88. The smallest absolute Gasteiger partial charge is 0.254 e. The Balaban J connectivity index is 1.64. The Morgan fingerprint density at radius 2 is 1.62 bits per heavy atom. The SMILES string of the molecule is CC(C)CCN(CC(=O)N(Cc1ccc(F)cc1)Cc1coc2ccccc2c1=O)C(=O)c1cccc(F)c1. The molecule has 39 heavy (non-hydrogen) atoms. The highest BCUT2D eigenvalue weighted by molar-refractivity contribution is 5.96. The normalized spacial score (nSPS) is 11.1. The summed E-state index contributed by atoms with van der Waals surface area (Å²) in [6.45, 7) is 4.04. The number of carbonyl (C=O) groups excluding carboxylic acids is 2. The fourth-order valence-electron chi connectivity index (χ4n) is 4.21. The van der Waals surface area contributed by atoms with Gasteiger partial charge in [0.05, 0.1) is 23.8 Å². The van der Waals surface area contributed by atoms with E-state index in [4.69, 9.17) is 4.42 Å². The summed E-state index contributed by atoms with van der Waals surface area (Å²) in [4.78, 5) is 43.0. The van der Waals surface area contributed by atoms with Gasteiger partial charge in [-0.05, 0) is 60.4 Å². The van der Waals surface area contributed by atoms with Gasteiger partial charge in [-0.15, -0.1) is 0 Å². The van der Waals surface area contributed by atoms with E-state index in [2.05, 4.69) is 0 Å². The van der Waals surface area contributed by atoms with E-state index >= 15 is 0 Å². The molecule has 0 N–H and O–H groups in total. The second-order valence-corrected chi connectivity index (χ2v) is 9.88. The fraction of sp³-hybridized carbons (Fsp3) is 0.258. The van der Waals surface area contributed by atoms with Crippen molar-refractivity contribution in [1.29, 1.82) is 0 Å². The fourth-order valence-corrected chi connectivity index (χ4v) is 4.21. The maximum absolute atomic E-state index is 13.8. The summed E-state index contributed by atoms with van der Waals surface area (Å²) >= 11 is 0. The van der Waals surface area contributed by atoms with Crippen LogP contribution < -0.4 is 5.43 Å². The van der Waals surface area contributed by atoms with Gasteiger partial charge in [0.2, 0.25) is 5.91 Å². The van der Waals surface area contributed by atoms with Crippen molar-refractivity contribution in [3.63, 3.8) is 0 Å². The molecule has 8 heteroatoms. The van der Waals surface area contributed by atoms with Gasteiger partial charge in [0.15, 0.2) is 5.43 Å². The van der Waals surface area contributed by atoms with Crippen LogP contribution in [0, 0.1) is 17.6 Å².